The van der Waals surface area contributed by atoms with Crippen molar-refractivity contribution >= 4 is 23.4 Å². The number of aromatic nitrogens is 3. The molecule has 0 radical (unpaired) electrons. The Morgan fingerprint density at radius 1 is 1.07 bits per heavy atom. The highest BCUT2D eigenvalue weighted by Crippen LogP contribution is 2.38. The van der Waals surface area contributed by atoms with Crippen molar-refractivity contribution in [2.45, 2.75) is 70.7 Å². The van der Waals surface area contributed by atoms with E-state index < -0.39 is 17.6 Å². The minimum absolute atomic E-state index is 0.0555. The number of hydrogen-bond acceptors (Lipinski definition) is 6. The fourth-order valence-corrected chi connectivity index (χ4v) is 7.29. The Labute approximate surface area is 258 Å². The van der Waals surface area contributed by atoms with Gasteiger partial charge in [0.1, 0.15) is 11.6 Å². The number of benzene rings is 1. The fraction of sp³-hybridized carbons (Fsp3) is 0.515. The maximum Gasteiger partial charge on any atom is 0.254 e. The molecule has 3 aliphatic rings. The largest absolute Gasteiger partial charge is 0.381 e. The summed E-state index contributed by atoms with van der Waals surface area (Å²) in [5.74, 6) is -0.168. The first-order valence-corrected chi connectivity index (χ1v) is 15.7. The van der Waals surface area contributed by atoms with Crippen LogP contribution in [0, 0.1) is 12.8 Å². The zero-order valence-corrected chi connectivity index (χ0v) is 26.0. The molecule has 0 saturated carbocycles. The number of carbonyl (C=O) groups excluding carboxylic acids is 2. The Morgan fingerprint density at radius 3 is 2.65 bits per heavy atom. The third kappa shape index (κ3) is 6.21. The molecule has 0 unspecified atom stereocenters. The monoisotopic (exact) mass is 604 g/mol. The molecule has 1 aliphatic carbocycles. The number of nitrogens with zero attached hydrogens (tertiary/aromatic N) is 6. The average Bonchev–Trinajstić information content (AvgIpc) is 3.32. The molecule has 0 bridgehead atoms. The molecule has 2 fully saturated rings. The van der Waals surface area contributed by atoms with E-state index >= 15 is 0 Å². The van der Waals surface area contributed by atoms with Crippen LogP contribution in [0.4, 0.5) is 0 Å². The van der Waals surface area contributed by atoms with Gasteiger partial charge in [-0.15, -0.1) is 0 Å². The van der Waals surface area contributed by atoms with Crippen LogP contribution < -0.4 is 0 Å². The average molecular weight is 605 g/mol. The van der Waals surface area contributed by atoms with Crippen molar-refractivity contribution in [2.24, 2.45) is 5.92 Å². The molecule has 4 heterocycles. The van der Waals surface area contributed by atoms with Crippen LogP contribution in [-0.2, 0) is 29.0 Å². The summed E-state index contributed by atoms with van der Waals surface area (Å²) in [6.07, 6.45) is 9.38. The third-order valence-electron chi connectivity index (χ3n) is 9.16. The van der Waals surface area contributed by atoms with Gasteiger partial charge in [-0.2, -0.15) is 0 Å². The zero-order valence-electron chi connectivity index (χ0n) is 25.2. The first-order chi connectivity index (χ1) is 20.6. The van der Waals surface area contributed by atoms with Gasteiger partial charge in [0.15, 0.2) is 0 Å². The number of amides is 2. The van der Waals surface area contributed by atoms with Crippen molar-refractivity contribution in [2.75, 3.05) is 32.7 Å². The van der Waals surface area contributed by atoms with Crippen LogP contribution in [0.3, 0.4) is 0 Å². The standard InChI is InChI=1S/C33H41ClN6O3/c1-22-17-37(21-36-22)18-23-6-5-13-39(19-23)31(41)28-20-38(14-15-40(28)32(42)33(2,3)43)30-27-11-10-26(34)16-25(27)9-8-24-7-4-12-35-29(24)30/h4,7,10-12,16-17,21,23,28,30,43H,5-6,8-9,13-15,18-20H2,1-3H3/t23-,28+,30-/m0/s1. The predicted molar refractivity (Wildman–Crippen MR) is 165 cm³/mol. The van der Waals surface area contributed by atoms with Gasteiger partial charge in [0.2, 0.25) is 5.91 Å². The van der Waals surface area contributed by atoms with Crippen molar-refractivity contribution in [1.29, 1.82) is 0 Å². The van der Waals surface area contributed by atoms with E-state index in [4.69, 9.17) is 16.6 Å². The number of piperazine rings is 1. The lowest BCUT2D eigenvalue weighted by atomic mass is 9.93. The lowest BCUT2D eigenvalue weighted by Crippen LogP contribution is -2.64. The van der Waals surface area contributed by atoms with Crippen molar-refractivity contribution < 1.29 is 14.7 Å². The summed E-state index contributed by atoms with van der Waals surface area (Å²) in [7, 11) is 0. The van der Waals surface area contributed by atoms with Crippen LogP contribution in [0.25, 0.3) is 0 Å². The highest BCUT2D eigenvalue weighted by molar-refractivity contribution is 6.30. The molecule has 2 saturated heterocycles. The summed E-state index contributed by atoms with van der Waals surface area (Å²) in [4.78, 5) is 43.0. The molecule has 3 aromatic rings. The number of carbonyl (C=O) groups is 2. The van der Waals surface area contributed by atoms with E-state index in [1.165, 1.54) is 25.0 Å². The van der Waals surface area contributed by atoms with Gasteiger partial charge in [0, 0.05) is 56.7 Å². The number of hydrogen-bond donors (Lipinski definition) is 1. The Morgan fingerprint density at radius 2 is 1.88 bits per heavy atom. The Kier molecular flexibility index (Phi) is 8.33. The fourth-order valence-electron chi connectivity index (χ4n) is 7.09. The molecule has 2 aliphatic heterocycles. The second-order valence-electron chi connectivity index (χ2n) is 12.9. The second kappa shape index (κ2) is 12.0. The maximum absolute atomic E-state index is 14.4. The summed E-state index contributed by atoms with van der Waals surface area (Å²) in [6.45, 7) is 8.32. The van der Waals surface area contributed by atoms with Crippen LogP contribution >= 0.6 is 11.6 Å². The molecule has 0 spiro atoms. The van der Waals surface area contributed by atoms with E-state index in [0.717, 1.165) is 49.2 Å². The quantitative estimate of drug-likeness (QED) is 0.478. The lowest BCUT2D eigenvalue weighted by molar-refractivity contribution is -0.161. The number of aliphatic hydroxyl groups is 1. The van der Waals surface area contributed by atoms with E-state index in [2.05, 4.69) is 26.6 Å². The van der Waals surface area contributed by atoms with E-state index in [0.29, 0.717) is 43.7 Å². The van der Waals surface area contributed by atoms with Gasteiger partial charge in [-0.25, -0.2) is 4.98 Å². The summed E-state index contributed by atoms with van der Waals surface area (Å²) < 4.78 is 2.10. The molecule has 1 N–H and O–H groups in total. The molecule has 3 atom stereocenters. The minimum atomic E-state index is -1.58. The number of piperidine rings is 1. The smallest absolute Gasteiger partial charge is 0.254 e. The van der Waals surface area contributed by atoms with Crippen molar-refractivity contribution in [1.82, 2.24) is 29.2 Å². The SMILES string of the molecule is Cc1cn(C[C@@H]2CCCN(C(=O)[C@H]3CN([C@H]4c5ccc(Cl)cc5CCc5cccnc54)CCN3C(=O)C(C)(C)O)C2)cn1. The Hall–Kier alpha value is -3.27. The Bertz CT molecular complexity index is 1500. The number of halogens is 1. The van der Waals surface area contributed by atoms with Crippen LogP contribution in [0.5, 0.6) is 0 Å². The third-order valence-corrected chi connectivity index (χ3v) is 9.39. The van der Waals surface area contributed by atoms with E-state index in [1.54, 1.807) is 4.90 Å². The zero-order chi connectivity index (χ0) is 30.3. The first kappa shape index (κ1) is 29.8. The number of rotatable bonds is 5. The number of pyridine rings is 1. The molecule has 2 amide bonds. The molecule has 228 valence electrons. The van der Waals surface area contributed by atoms with Crippen LogP contribution in [-0.4, -0.2) is 90.5 Å². The normalized spacial score (nSPS) is 23.0. The van der Waals surface area contributed by atoms with E-state index in [-0.39, 0.29) is 11.9 Å². The summed E-state index contributed by atoms with van der Waals surface area (Å²) >= 11 is 6.43. The molecule has 10 heteroatoms. The maximum atomic E-state index is 14.4. The highest BCUT2D eigenvalue weighted by atomic mass is 35.5. The van der Waals surface area contributed by atoms with Crippen molar-refractivity contribution in [3.8, 4) is 0 Å². The molecule has 2 aromatic heterocycles. The topological polar surface area (TPSA) is 94.8 Å². The summed E-state index contributed by atoms with van der Waals surface area (Å²) in [5.41, 5.74) is 3.90. The number of likely N-dealkylation sites (tertiary alicyclic amines) is 1. The van der Waals surface area contributed by atoms with Crippen LogP contribution in [0.2, 0.25) is 5.02 Å². The Balaban J connectivity index is 1.31. The molecular formula is C33H41ClN6O3. The molecule has 43 heavy (non-hydrogen) atoms. The number of imidazole rings is 1. The van der Waals surface area contributed by atoms with Gasteiger partial charge < -0.3 is 19.5 Å². The van der Waals surface area contributed by atoms with Gasteiger partial charge in [-0.05, 0) is 87.3 Å². The van der Waals surface area contributed by atoms with Gasteiger partial charge in [0.25, 0.3) is 5.91 Å². The van der Waals surface area contributed by atoms with Crippen LogP contribution in [0.1, 0.15) is 60.8 Å². The molecular weight excluding hydrogens is 564 g/mol. The van der Waals surface area contributed by atoms with Crippen molar-refractivity contribution in [3.63, 3.8) is 0 Å². The summed E-state index contributed by atoms with van der Waals surface area (Å²) in [6, 6.07) is 9.28. The lowest BCUT2D eigenvalue weighted by Gasteiger charge is -2.47. The number of aryl methyl sites for hydroxylation is 3. The molecule has 9 nitrogen and oxygen atoms in total. The predicted octanol–water partition coefficient (Wildman–Crippen LogP) is 3.65. The highest BCUT2D eigenvalue weighted by Gasteiger charge is 2.45. The van der Waals surface area contributed by atoms with E-state index in [9.17, 15) is 14.7 Å². The van der Waals surface area contributed by atoms with Gasteiger partial charge in [-0.3, -0.25) is 19.5 Å². The van der Waals surface area contributed by atoms with Gasteiger partial charge in [0.05, 0.1) is 23.8 Å². The second-order valence-corrected chi connectivity index (χ2v) is 13.3. The van der Waals surface area contributed by atoms with Gasteiger partial charge >= 0.3 is 0 Å². The van der Waals surface area contributed by atoms with Gasteiger partial charge in [-0.1, -0.05) is 23.7 Å². The van der Waals surface area contributed by atoms with Crippen molar-refractivity contribution in [3.05, 3.63) is 82.2 Å². The first-order valence-electron chi connectivity index (χ1n) is 15.4. The molecule has 6 rings (SSSR count). The van der Waals surface area contributed by atoms with Crippen LogP contribution in [0.15, 0.2) is 49.1 Å². The van der Waals surface area contributed by atoms with E-state index in [1.807, 2.05) is 48.7 Å². The summed E-state index contributed by atoms with van der Waals surface area (Å²) in [5, 5.41) is 11.4. The number of fused-ring (bicyclic) bond motifs is 2. The minimum Gasteiger partial charge on any atom is -0.381 e. The molecule has 1 aromatic carbocycles.